The van der Waals surface area contributed by atoms with Gasteiger partial charge in [0, 0.05) is 31.2 Å². The molecule has 1 amide bonds. The fraction of sp³-hybridized carbons (Fsp3) is 0.531. The van der Waals surface area contributed by atoms with Gasteiger partial charge < -0.3 is 9.80 Å². The number of rotatable bonds is 10. The summed E-state index contributed by atoms with van der Waals surface area (Å²) in [5, 5.41) is 0. The SMILES string of the molecule is C#C/C(C=C)=C/C(=C\C)CN(C(=O)Cc1ccccc1)C1CCN(CCC(C)C)CC1.CC.CC. The number of allylic oxidation sites excluding steroid dienone is 3. The number of hydrogen-bond acceptors (Lipinski definition) is 2. The second-order valence-electron chi connectivity index (χ2n) is 8.75. The van der Waals surface area contributed by atoms with Crippen LogP contribution in [-0.4, -0.2) is 47.9 Å². The minimum atomic E-state index is 0.181. The molecule has 0 saturated carbocycles. The zero-order chi connectivity index (χ0) is 26.6. The molecule has 2 rings (SSSR count). The lowest BCUT2D eigenvalue weighted by atomic mass is 9.99. The molecule has 0 atom stereocenters. The highest BCUT2D eigenvalue weighted by Gasteiger charge is 2.28. The summed E-state index contributed by atoms with van der Waals surface area (Å²) in [5.74, 6) is 3.56. The monoisotopic (exact) mass is 478 g/mol. The number of likely N-dealkylation sites (tertiary alicyclic amines) is 1. The van der Waals surface area contributed by atoms with Gasteiger partial charge in [0.1, 0.15) is 0 Å². The zero-order valence-electron chi connectivity index (χ0n) is 23.5. The number of amides is 1. The molecule has 194 valence electrons. The van der Waals surface area contributed by atoms with Gasteiger partial charge in [-0.2, -0.15) is 0 Å². The van der Waals surface area contributed by atoms with E-state index in [2.05, 4.69) is 36.1 Å². The van der Waals surface area contributed by atoms with Crippen LogP contribution in [0.4, 0.5) is 0 Å². The van der Waals surface area contributed by atoms with E-state index < -0.39 is 0 Å². The van der Waals surface area contributed by atoms with E-state index in [9.17, 15) is 4.79 Å². The van der Waals surface area contributed by atoms with Gasteiger partial charge in [0.15, 0.2) is 0 Å². The molecule has 0 spiro atoms. The quantitative estimate of drug-likeness (QED) is 0.260. The third-order valence-electron chi connectivity index (χ3n) is 5.99. The summed E-state index contributed by atoms with van der Waals surface area (Å²) >= 11 is 0. The Morgan fingerprint density at radius 1 is 1.17 bits per heavy atom. The third kappa shape index (κ3) is 12.6. The number of carbonyl (C=O) groups excluding carboxylic acids is 1. The summed E-state index contributed by atoms with van der Waals surface area (Å²) in [5.41, 5.74) is 2.85. The van der Waals surface area contributed by atoms with Crippen molar-refractivity contribution in [3.05, 3.63) is 71.8 Å². The average molecular weight is 479 g/mol. The van der Waals surface area contributed by atoms with Gasteiger partial charge in [0.05, 0.1) is 6.42 Å². The van der Waals surface area contributed by atoms with Gasteiger partial charge in [0.25, 0.3) is 0 Å². The van der Waals surface area contributed by atoms with Crippen LogP contribution in [-0.2, 0) is 11.2 Å². The highest BCUT2D eigenvalue weighted by molar-refractivity contribution is 5.79. The van der Waals surface area contributed by atoms with Gasteiger partial charge in [-0.05, 0) is 55.9 Å². The van der Waals surface area contributed by atoms with E-state index in [0.717, 1.165) is 55.1 Å². The molecule has 0 N–H and O–H groups in total. The molecule has 0 radical (unpaired) electrons. The van der Waals surface area contributed by atoms with Crippen LogP contribution in [0.3, 0.4) is 0 Å². The molecule has 1 aromatic carbocycles. The fourth-order valence-electron chi connectivity index (χ4n) is 3.96. The van der Waals surface area contributed by atoms with Crippen LogP contribution in [0.15, 0.2) is 66.3 Å². The van der Waals surface area contributed by atoms with E-state index >= 15 is 0 Å². The summed E-state index contributed by atoms with van der Waals surface area (Å²) in [6.07, 6.45) is 15.0. The van der Waals surface area contributed by atoms with Crippen LogP contribution >= 0.6 is 0 Å². The summed E-state index contributed by atoms with van der Waals surface area (Å²) < 4.78 is 0. The summed E-state index contributed by atoms with van der Waals surface area (Å²) in [6, 6.07) is 10.3. The summed E-state index contributed by atoms with van der Waals surface area (Å²) in [6.45, 7) is 22.2. The van der Waals surface area contributed by atoms with E-state index in [1.165, 1.54) is 6.42 Å². The highest BCUT2D eigenvalue weighted by atomic mass is 16.2. The molecule has 1 saturated heterocycles. The molecule has 1 heterocycles. The summed E-state index contributed by atoms with van der Waals surface area (Å²) in [4.78, 5) is 18.0. The maximum absolute atomic E-state index is 13.4. The van der Waals surface area contributed by atoms with Crippen molar-refractivity contribution in [1.29, 1.82) is 0 Å². The molecule has 1 aliphatic heterocycles. The first kappa shape index (κ1) is 32.4. The largest absolute Gasteiger partial charge is 0.335 e. The van der Waals surface area contributed by atoms with E-state index in [4.69, 9.17) is 6.42 Å². The molecule has 0 aliphatic carbocycles. The third-order valence-corrected chi connectivity index (χ3v) is 5.99. The Morgan fingerprint density at radius 3 is 2.26 bits per heavy atom. The van der Waals surface area contributed by atoms with Crippen LogP contribution in [0.5, 0.6) is 0 Å². The second kappa shape index (κ2) is 19.7. The number of carbonyl (C=O) groups is 1. The topological polar surface area (TPSA) is 23.6 Å². The predicted octanol–water partition coefficient (Wildman–Crippen LogP) is 7.31. The van der Waals surface area contributed by atoms with E-state index in [1.807, 2.05) is 77.1 Å². The number of hydrogen-bond donors (Lipinski definition) is 0. The van der Waals surface area contributed by atoms with Gasteiger partial charge >= 0.3 is 0 Å². The first-order chi connectivity index (χ1) is 17.0. The van der Waals surface area contributed by atoms with Gasteiger partial charge in [-0.3, -0.25) is 4.79 Å². The first-order valence-electron chi connectivity index (χ1n) is 13.5. The molecular formula is C32H50N2O. The minimum Gasteiger partial charge on any atom is -0.335 e. The Balaban J connectivity index is 0.00000274. The molecule has 3 nitrogen and oxygen atoms in total. The number of nitrogens with zero attached hydrogens (tertiary/aromatic N) is 2. The number of benzene rings is 1. The number of terminal acetylenes is 1. The molecule has 0 bridgehead atoms. The van der Waals surface area contributed by atoms with Crippen molar-refractivity contribution in [2.75, 3.05) is 26.2 Å². The molecule has 0 aromatic heterocycles. The first-order valence-corrected chi connectivity index (χ1v) is 13.5. The summed E-state index contributed by atoms with van der Waals surface area (Å²) in [7, 11) is 0. The Kier molecular flexibility index (Phi) is 18.3. The number of piperidine rings is 1. The van der Waals surface area contributed by atoms with Crippen LogP contribution in [0.25, 0.3) is 0 Å². The van der Waals surface area contributed by atoms with Crippen molar-refractivity contribution in [3.63, 3.8) is 0 Å². The van der Waals surface area contributed by atoms with Crippen LogP contribution in [0.2, 0.25) is 0 Å². The fourth-order valence-corrected chi connectivity index (χ4v) is 3.96. The lowest BCUT2D eigenvalue weighted by Crippen LogP contribution is -2.48. The maximum Gasteiger partial charge on any atom is 0.227 e. The van der Waals surface area contributed by atoms with Crippen LogP contribution < -0.4 is 0 Å². The lowest BCUT2D eigenvalue weighted by Gasteiger charge is -2.39. The molecular weight excluding hydrogens is 428 g/mol. The van der Waals surface area contributed by atoms with E-state index in [0.29, 0.717) is 13.0 Å². The predicted molar refractivity (Wildman–Crippen MR) is 154 cm³/mol. The van der Waals surface area contributed by atoms with Crippen molar-refractivity contribution >= 4 is 5.91 Å². The van der Waals surface area contributed by atoms with Gasteiger partial charge in [-0.15, -0.1) is 6.42 Å². The van der Waals surface area contributed by atoms with Crippen molar-refractivity contribution in [2.24, 2.45) is 5.92 Å². The van der Waals surface area contributed by atoms with Crippen molar-refractivity contribution < 1.29 is 4.79 Å². The average Bonchev–Trinajstić information content (AvgIpc) is 2.91. The molecule has 3 heteroatoms. The zero-order valence-corrected chi connectivity index (χ0v) is 23.5. The molecule has 1 fully saturated rings. The Labute approximate surface area is 217 Å². The Bertz CT molecular complexity index is 806. The molecule has 35 heavy (non-hydrogen) atoms. The lowest BCUT2D eigenvalue weighted by molar-refractivity contribution is -0.133. The normalized spacial score (nSPS) is 14.7. The highest BCUT2D eigenvalue weighted by Crippen LogP contribution is 2.21. The maximum atomic E-state index is 13.4. The smallest absolute Gasteiger partial charge is 0.227 e. The standard InChI is InChI=1S/C28H38N2O.2C2H6/c1-6-24(7-2)20-25(8-3)22-30(28(31)21-26-12-10-9-11-13-26)27-15-18-29(19-16-27)17-14-23(4)5;2*1-2/h1,7-13,20,23,27H,2,14-19,21-22H2,3-5H3;2*1-2H3/b24-20-,25-8+;;. The second-order valence-corrected chi connectivity index (χ2v) is 8.75. The molecule has 1 aliphatic rings. The molecule has 1 aromatic rings. The van der Waals surface area contributed by atoms with E-state index in [1.54, 1.807) is 6.08 Å². The van der Waals surface area contributed by atoms with Gasteiger partial charge in [-0.25, -0.2) is 0 Å². The van der Waals surface area contributed by atoms with Gasteiger partial charge in [0.2, 0.25) is 5.91 Å². The van der Waals surface area contributed by atoms with Crippen LogP contribution in [0.1, 0.15) is 73.3 Å². The van der Waals surface area contributed by atoms with Crippen molar-refractivity contribution in [1.82, 2.24) is 9.80 Å². The van der Waals surface area contributed by atoms with Crippen LogP contribution in [0, 0.1) is 18.3 Å². The molecule has 0 unspecified atom stereocenters. The Hall–Kier alpha value is -2.57. The Morgan fingerprint density at radius 2 is 1.77 bits per heavy atom. The van der Waals surface area contributed by atoms with Crippen molar-refractivity contribution in [2.45, 2.75) is 80.2 Å². The van der Waals surface area contributed by atoms with Crippen molar-refractivity contribution in [3.8, 4) is 12.3 Å². The van der Waals surface area contributed by atoms with Gasteiger partial charge in [-0.1, -0.05) is 96.5 Å². The minimum absolute atomic E-state index is 0.181. The van der Waals surface area contributed by atoms with E-state index in [-0.39, 0.29) is 11.9 Å².